The highest BCUT2D eigenvalue weighted by atomic mass is 79.9. The summed E-state index contributed by atoms with van der Waals surface area (Å²) in [6.45, 7) is 1.87. The number of hydrogen-bond donors (Lipinski definition) is 1. The number of rotatable bonds is 5. The predicted molar refractivity (Wildman–Crippen MR) is 84.1 cm³/mol. The molecule has 0 aromatic heterocycles. The standard InChI is InChI=1S/C15H15BrN2O2/c1-2-9-17-18-14(19)10-20-13-8-7-11-5-3-4-6-12(11)15(13)16/h3-9H,2,10H2,1H3,(H,18,19)/b17-9-. The molecular formula is C15H15BrN2O2. The molecule has 0 aliphatic rings. The zero-order valence-electron chi connectivity index (χ0n) is 11.1. The quantitative estimate of drug-likeness (QED) is 0.672. The first-order valence-corrected chi connectivity index (χ1v) is 7.12. The lowest BCUT2D eigenvalue weighted by Crippen LogP contribution is -2.24. The molecule has 1 N–H and O–H groups in total. The molecule has 0 radical (unpaired) electrons. The maximum atomic E-state index is 11.5. The summed E-state index contributed by atoms with van der Waals surface area (Å²) in [6, 6.07) is 11.8. The van der Waals surface area contributed by atoms with Crippen LogP contribution in [0.5, 0.6) is 5.75 Å². The Morgan fingerprint density at radius 2 is 2.15 bits per heavy atom. The number of hydrogen-bond acceptors (Lipinski definition) is 3. The molecule has 0 aliphatic heterocycles. The number of benzene rings is 2. The third-order valence-electron chi connectivity index (χ3n) is 2.65. The first-order valence-electron chi connectivity index (χ1n) is 6.32. The zero-order chi connectivity index (χ0) is 14.4. The van der Waals surface area contributed by atoms with Crippen LogP contribution in [-0.2, 0) is 4.79 Å². The van der Waals surface area contributed by atoms with Crippen LogP contribution in [0.4, 0.5) is 0 Å². The normalized spacial score (nSPS) is 10.9. The molecule has 2 aromatic carbocycles. The topological polar surface area (TPSA) is 50.7 Å². The van der Waals surface area contributed by atoms with Gasteiger partial charge in [0.25, 0.3) is 5.91 Å². The fourth-order valence-corrected chi connectivity index (χ4v) is 2.32. The molecule has 0 atom stereocenters. The van der Waals surface area contributed by atoms with E-state index in [9.17, 15) is 4.79 Å². The maximum absolute atomic E-state index is 11.5. The van der Waals surface area contributed by atoms with E-state index in [2.05, 4.69) is 26.5 Å². The van der Waals surface area contributed by atoms with Crippen LogP contribution in [0.15, 0.2) is 46.0 Å². The number of nitrogens with zero attached hydrogens (tertiary/aromatic N) is 1. The Morgan fingerprint density at radius 3 is 2.95 bits per heavy atom. The van der Waals surface area contributed by atoms with Crippen LogP contribution in [0.3, 0.4) is 0 Å². The van der Waals surface area contributed by atoms with E-state index in [0.717, 1.165) is 21.7 Å². The van der Waals surface area contributed by atoms with Gasteiger partial charge in [-0.25, -0.2) is 5.43 Å². The summed E-state index contributed by atoms with van der Waals surface area (Å²) in [5.41, 5.74) is 2.40. The summed E-state index contributed by atoms with van der Waals surface area (Å²) in [6.07, 6.45) is 2.40. The SMILES string of the molecule is CC/C=N\NC(=O)COc1ccc2ccccc2c1Br. The third kappa shape index (κ3) is 3.57. The lowest BCUT2D eigenvalue weighted by Gasteiger charge is -2.09. The molecule has 0 fully saturated rings. The molecule has 5 heteroatoms. The van der Waals surface area contributed by atoms with Gasteiger partial charge in [0, 0.05) is 6.21 Å². The van der Waals surface area contributed by atoms with Gasteiger partial charge in [0.15, 0.2) is 6.61 Å². The van der Waals surface area contributed by atoms with Gasteiger partial charge in [-0.1, -0.05) is 37.3 Å². The largest absolute Gasteiger partial charge is 0.483 e. The van der Waals surface area contributed by atoms with Crippen molar-refractivity contribution in [1.82, 2.24) is 5.43 Å². The molecular weight excluding hydrogens is 320 g/mol. The number of ether oxygens (including phenoxy) is 1. The highest BCUT2D eigenvalue weighted by Crippen LogP contribution is 2.32. The number of carbonyl (C=O) groups excluding carboxylic acids is 1. The van der Waals surface area contributed by atoms with Gasteiger partial charge in [-0.05, 0) is 39.2 Å². The van der Waals surface area contributed by atoms with E-state index in [4.69, 9.17) is 4.74 Å². The van der Waals surface area contributed by atoms with Crippen molar-refractivity contribution in [2.45, 2.75) is 13.3 Å². The van der Waals surface area contributed by atoms with E-state index in [1.54, 1.807) is 6.21 Å². The number of hydrazone groups is 1. The van der Waals surface area contributed by atoms with Crippen molar-refractivity contribution in [3.63, 3.8) is 0 Å². The van der Waals surface area contributed by atoms with Crippen molar-refractivity contribution in [1.29, 1.82) is 0 Å². The van der Waals surface area contributed by atoms with E-state index >= 15 is 0 Å². The Morgan fingerprint density at radius 1 is 1.35 bits per heavy atom. The summed E-state index contributed by atoms with van der Waals surface area (Å²) in [5, 5.41) is 5.92. The second-order valence-corrected chi connectivity index (χ2v) is 4.94. The molecule has 0 aliphatic carbocycles. The van der Waals surface area contributed by atoms with E-state index in [-0.39, 0.29) is 12.5 Å². The minimum absolute atomic E-state index is 0.0714. The summed E-state index contributed by atoms with van der Waals surface area (Å²) >= 11 is 3.51. The average molecular weight is 335 g/mol. The molecule has 20 heavy (non-hydrogen) atoms. The molecule has 2 aromatic rings. The number of nitrogens with one attached hydrogen (secondary N) is 1. The molecule has 4 nitrogen and oxygen atoms in total. The van der Waals surface area contributed by atoms with Gasteiger partial charge in [0.2, 0.25) is 0 Å². The zero-order valence-corrected chi connectivity index (χ0v) is 12.7. The van der Waals surface area contributed by atoms with Crippen molar-refractivity contribution in [3.05, 3.63) is 40.9 Å². The molecule has 0 unspecified atom stereocenters. The van der Waals surface area contributed by atoms with E-state index in [1.807, 2.05) is 43.3 Å². The molecule has 1 amide bonds. The molecule has 0 heterocycles. The molecule has 2 rings (SSSR count). The second kappa shape index (κ2) is 7.05. The number of fused-ring (bicyclic) bond motifs is 1. The minimum atomic E-state index is -0.283. The Hall–Kier alpha value is -1.88. The van der Waals surface area contributed by atoms with E-state index in [1.165, 1.54) is 0 Å². The Labute approximate surface area is 125 Å². The third-order valence-corrected chi connectivity index (χ3v) is 3.47. The maximum Gasteiger partial charge on any atom is 0.277 e. The van der Waals surface area contributed by atoms with Crippen LogP contribution in [0.1, 0.15) is 13.3 Å². The fourth-order valence-electron chi connectivity index (χ4n) is 1.71. The van der Waals surface area contributed by atoms with Gasteiger partial charge in [-0.2, -0.15) is 5.10 Å². The monoisotopic (exact) mass is 334 g/mol. The highest BCUT2D eigenvalue weighted by molar-refractivity contribution is 9.10. The molecule has 104 valence electrons. The van der Waals surface area contributed by atoms with E-state index in [0.29, 0.717) is 5.75 Å². The molecule has 0 bridgehead atoms. The van der Waals surface area contributed by atoms with Crippen molar-refractivity contribution >= 4 is 38.8 Å². The van der Waals surface area contributed by atoms with Crippen molar-refractivity contribution < 1.29 is 9.53 Å². The van der Waals surface area contributed by atoms with E-state index < -0.39 is 0 Å². The van der Waals surface area contributed by atoms with Gasteiger partial charge in [-0.3, -0.25) is 4.79 Å². The first-order chi connectivity index (χ1) is 9.72. The van der Waals surface area contributed by atoms with Crippen LogP contribution >= 0.6 is 15.9 Å². The molecule has 0 spiro atoms. The van der Waals surface area contributed by atoms with Crippen LogP contribution < -0.4 is 10.2 Å². The highest BCUT2D eigenvalue weighted by Gasteiger charge is 2.07. The lowest BCUT2D eigenvalue weighted by molar-refractivity contribution is -0.123. The van der Waals surface area contributed by atoms with Crippen LogP contribution in [0.2, 0.25) is 0 Å². The summed E-state index contributed by atoms with van der Waals surface area (Å²) in [7, 11) is 0. The number of halogens is 1. The summed E-state index contributed by atoms with van der Waals surface area (Å²) in [5.74, 6) is 0.355. The van der Waals surface area contributed by atoms with Crippen LogP contribution in [-0.4, -0.2) is 18.7 Å². The lowest BCUT2D eigenvalue weighted by atomic mass is 10.1. The fraction of sp³-hybridized carbons (Fsp3) is 0.200. The van der Waals surface area contributed by atoms with Gasteiger partial charge < -0.3 is 4.74 Å². The van der Waals surface area contributed by atoms with Crippen molar-refractivity contribution in [3.8, 4) is 5.75 Å². The molecule has 0 saturated heterocycles. The Balaban J connectivity index is 2.05. The Kier molecular flexibility index (Phi) is 5.12. The van der Waals surface area contributed by atoms with Gasteiger partial charge in [0.05, 0.1) is 4.47 Å². The second-order valence-electron chi connectivity index (χ2n) is 4.14. The van der Waals surface area contributed by atoms with Crippen molar-refractivity contribution in [2.75, 3.05) is 6.61 Å². The summed E-state index contributed by atoms with van der Waals surface area (Å²) < 4.78 is 6.35. The molecule has 0 saturated carbocycles. The summed E-state index contributed by atoms with van der Waals surface area (Å²) in [4.78, 5) is 11.5. The van der Waals surface area contributed by atoms with Gasteiger partial charge in [0.1, 0.15) is 5.75 Å². The van der Waals surface area contributed by atoms with Crippen molar-refractivity contribution in [2.24, 2.45) is 5.10 Å². The Bertz CT molecular complexity index is 641. The van der Waals surface area contributed by atoms with Crippen LogP contribution in [0, 0.1) is 0 Å². The smallest absolute Gasteiger partial charge is 0.277 e. The van der Waals surface area contributed by atoms with Gasteiger partial charge in [-0.15, -0.1) is 0 Å². The number of amides is 1. The van der Waals surface area contributed by atoms with Gasteiger partial charge >= 0.3 is 0 Å². The minimum Gasteiger partial charge on any atom is -0.483 e. The predicted octanol–water partition coefficient (Wildman–Crippen LogP) is 3.49. The average Bonchev–Trinajstić information content (AvgIpc) is 2.47. The number of carbonyl (C=O) groups is 1. The van der Waals surface area contributed by atoms with Crippen LogP contribution in [0.25, 0.3) is 10.8 Å². The first kappa shape index (κ1) is 14.5.